The lowest BCUT2D eigenvalue weighted by Crippen LogP contribution is -2.14. The average Bonchev–Trinajstić information content (AvgIpc) is 2.01. The SMILES string of the molecule is O=C=NC1Cc2ccccc21. The van der Waals surface area contributed by atoms with E-state index >= 15 is 0 Å². The summed E-state index contributed by atoms with van der Waals surface area (Å²) in [6, 6.07) is 8.12. The first-order chi connectivity index (χ1) is 5.42. The number of hydrogen-bond donors (Lipinski definition) is 0. The van der Waals surface area contributed by atoms with Crippen LogP contribution in [0.15, 0.2) is 29.3 Å². The molecule has 54 valence electrons. The summed E-state index contributed by atoms with van der Waals surface area (Å²) in [4.78, 5) is 13.6. The fourth-order valence-electron chi connectivity index (χ4n) is 1.41. The molecule has 2 rings (SSSR count). The smallest absolute Gasteiger partial charge is 0.211 e. The Morgan fingerprint density at radius 3 is 3.00 bits per heavy atom. The Morgan fingerprint density at radius 2 is 2.27 bits per heavy atom. The van der Waals surface area contributed by atoms with Crippen LogP contribution in [0.4, 0.5) is 0 Å². The van der Waals surface area contributed by atoms with Crippen LogP contribution >= 0.6 is 0 Å². The van der Waals surface area contributed by atoms with E-state index in [1.54, 1.807) is 6.08 Å². The third-order valence-electron chi connectivity index (χ3n) is 2.04. The van der Waals surface area contributed by atoms with Gasteiger partial charge in [0.15, 0.2) is 0 Å². The van der Waals surface area contributed by atoms with Crippen LogP contribution in [0, 0.1) is 0 Å². The molecule has 2 nitrogen and oxygen atoms in total. The first kappa shape index (κ1) is 6.32. The Bertz CT molecular complexity index is 326. The third kappa shape index (κ3) is 0.883. The maximum atomic E-state index is 9.93. The molecule has 0 bridgehead atoms. The van der Waals surface area contributed by atoms with Crippen LogP contribution in [0.1, 0.15) is 17.2 Å². The normalized spacial score (nSPS) is 19.5. The Balaban J connectivity index is 2.36. The molecule has 1 aliphatic rings. The first-order valence-electron chi connectivity index (χ1n) is 3.56. The first-order valence-corrected chi connectivity index (χ1v) is 3.56. The highest BCUT2D eigenvalue weighted by Crippen LogP contribution is 2.34. The van der Waals surface area contributed by atoms with Gasteiger partial charge in [-0.1, -0.05) is 24.3 Å². The second-order valence-electron chi connectivity index (χ2n) is 2.64. The van der Waals surface area contributed by atoms with Crippen LogP contribution in [0.25, 0.3) is 0 Å². The van der Waals surface area contributed by atoms with Gasteiger partial charge in [-0.05, 0) is 11.1 Å². The standard InChI is InChI=1S/C9H7NO/c11-6-10-9-5-7-3-1-2-4-8(7)9/h1-4,9H,5H2. The number of benzene rings is 1. The molecule has 0 N–H and O–H groups in total. The summed E-state index contributed by atoms with van der Waals surface area (Å²) in [5.41, 5.74) is 2.48. The van der Waals surface area contributed by atoms with E-state index in [0.29, 0.717) is 0 Å². The zero-order valence-electron chi connectivity index (χ0n) is 5.95. The highest BCUT2D eigenvalue weighted by molar-refractivity contribution is 5.43. The molecule has 1 atom stereocenters. The Hall–Kier alpha value is -1.40. The van der Waals surface area contributed by atoms with Crippen molar-refractivity contribution >= 4 is 6.08 Å². The second kappa shape index (κ2) is 2.33. The molecule has 1 aliphatic carbocycles. The molecule has 1 aromatic carbocycles. The molecule has 2 heteroatoms. The van der Waals surface area contributed by atoms with Crippen LogP contribution in [0.5, 0.6) is 0 Å². The topological polar surface area (TPSA) is 29.4 Å². The summed E-state index contributed by atoms with van der Waals surface area (Å²) >= 11 is 0. The molecule has 0 saturated heterocycles. The summed E-state index contributed by atoms with van der Waals surface area (Å²) in [6.07, 6.45) is 2.48. The minimum Gasteiger partial charge on any atom is -0.211 e. The van der Waals surface area contributed by atoms with Crippen molar-refractivity contribution in [1.82, 2.24) is 0 Å². The Labute approximate surface area is 64.6 Å². The van der Waals surface area contributed by atoms with Crippen LogP contribution in [-0.4, -0.2) is 6.08 Å². The highest BCUT2D eigenvalue weighted by atomic mass is 16.1. The lowest BCUT2D eigenvalue weighted by molar-refractivity contribution is 0.550. The summed E-state index contributed by atoms with van der Waals surface area (Å²) in [7, 11) is 0. The van der Waals surface area contributed by atoms with Crippen molar-refractivity contribution in [3.8, 4) is 0 Å². The molecular formula is C9H7NO. The monoisotopic (exact) mass is 145 g/mol. The summed E-state index contributed by atoms with van der Waals surface area (Å²) in [6.45, 7) is 0. The van der Waals surface area contributed by atoms with Crippen molar-refractivity contribution in [2.24, 2.45) is 4.99 Å². The molecule has 0 heterocycles. The predicted octanol–water partition coefficient (Wildman–Crippen LogP) is 1.62. The van der Waals surface area contributed by atoms with E-state index in [0.717, 1.165) is 6.42 Å². The quantitative estimate of drug-likeness (QED) is 0.436. The molecule has 1 aromatic rings. The molecule has 0 saturated carbocycles. The van der Waals surface area contributed by atoms with Gasteiger partial charge in [-0.2, -0.15) is 4.99 Å². The second-order valence-corrected chi connectivity index (χ2v) is 2.64. The van der Waals surface area contributed by atoms with Gasteiger partial charge in [-0.25, -0.2) is 4.79 Å². The van der Waals surface area contributed by atoms with E-state index in [1.807, 2.05) is 18.2 Å². The Morgan fingerprint density at radius 1 is 1.45 bits per heavy atom. The number of rotatable bonds is 1. The lowest BCUT2D eigenvalue weighted by atomic mass is 9.84. The van der Waals surface area contributed by atoms with Crippen LogP contribution < -0.4 is 0 Å². The largest absolute Gasteiger partial charge is 0.235 e. The van der Waals surface area contributed by atoms with Gasteiger partial charge in [0, 0.05) is 6.42 Å². The molecule has 0 fully saturated rings. The van der Waals surface area contributed by atoms with E-state index in [9.17, 15) is 4.79 Å². The minimum atomic E-state index is 0.0868. The fraction of sp³-hybridized carbons (Fsp3) is 0.222. The number of nitrogens with zero attached hydrogens (tertiary/aromatic N) is 1. The van der Waals surface area contributed by atoms with E-state index in [2.05, 4.69) is 11.1 Å². The number of hydrogen-bond acceptors (Lipinski definition) is 2. The number of carbonyl (C=O) groups excluding carboxylic acids is 1. The number of aliphatic imine (C=N–C) groups is 1. The van der Waals surface area contributed by atoms with Gasteiger partial charge in [0.05, 0.1) is 6.04 Å². The minimum absolute atomic E-state index is 0.0868. The predicted molar refractivity (Wildman–Crippen MR) is 41.0 cm³/mol. The summed E-state index contributed by atoms with van der Waals surface area (Å²) in [5, 5.41) is 0. The molecule has 0 aliphatic heterocycles. The van der Waals surface area contributed by atoms with E-state index in [-0.39, 0.29) is 6.04 Å². The van der Waals surface area contributed by atoms with Gasteiger partial charge in [0.2, 0.25) is 6.08 Å². The van der Waals surface area contributed by atoms with Crippen molar-refractivity contribution in [1.29, 1.82) is 0 Å². The number of isocyanates is 1. The van der Waals surface area contributed by atoms with Crippen molar-refractivity contribution in [3.05, 3.63) is 35.4 Å². The Kier molecular flexibility index (Phi) is 1.34. The van der Waals surface area contributed by atoms with Crippen molar-refractivity contribution in [2.75, 3.05) is 0 Å². The van der Waals surface area contributed by atoms with Crippen LogP contribution in [-0.2, 0) is 11.2 Å². The van der Waals surface area contributed by atoms with Gasteiger partial charge in [-0.3, -0.25) is 0 Å². The lowest BCUT2D eigenvalue weighted by Gasteiger charge is -2.24. The summed E-state index contributed by atoms with van der Waals surface area (Å²) in [5.74, 6) is 0. The number of fused-ring (bicyclic) bond motifs is 1. The van der Waals surface area contributed by atoms with Crippen molar-refractivity contribution < 1.29 is 4.79 Å². The van der Waals surface area contributed by atoms with E-state index in [4.69, 9.17) is 0 Å². The van der Waals surface area contributed by atoms with E-state index < -0.39 is 0 Å². The zero-order chi connectivity index (χ0) is 7.68. The maximum absolute atomic E-state index is 9.93. The molecule has 0 radical (unpaired) electrons. The van der Waals surface area contributed by atoms with Crippen molar-refractivity contribution in [3.63, 3.8) is 0 Å². The summed E-state index contributed by atoms with van der Waals surface area (Å²) < 4.78 is 0. The van der Waals surface area contributed by atoms with Gasteiger partial charge in [0.25, 0.3) is 0 Å². The van der Waals surface area contributed by atoms with Gasteiger partial charge in [0.1, 0.15) is 0 Å². The highest BCUT2D eigenvalue weighted by Gasteiger charge is 2.24. The molecule has 0 amide bonds. The molecule has 1 unspecified atom stereocenters. The van der Waals surface area contributed by atoms with Gasteiger partial charge in [-0.15, -0.1) is 0 Å². The van der Waals surface area contributed by atoms with Crippen molar-refractivity contribution in [2.45, 2.75) is 12.5 Å². The molecule has 0 spiro atoms. The zero-order valence-corrected chi connectivity index (χ0v) is 5.95. The third-order valence-corrected chi connectivity index (χ3v) is 2.04. The fourth-order valence-corrected chi connectivity index (χ4v) is 1.41. The van der Waals surface area contributed by atoms with Crippen LogP contribution in [0.2, 0.25) is 0 Å². The van der Waals surface area contributed by atoms with Gasteiger partial charge >= 0.3 is 0 Å². The average molecular weight is 145 g/mol. The van der Waals surface area contributed by atoms with Gasteiger partial charge < -0.3 is 0 Å². The molecular weight excluding hydrogens is 138 g/mol. The molecule has 11 heavy (non-hydrogen) atoms. The van der Waals surface area contributed by atoms with Crippen LogP contribution in [0.3, 0.4) is 0 Å². The maximum Gasteiger partial charge on any atom is 0.235 e. The molecule has 0 aromatic heterocycles. The van der Waals surface area contributed by atoms with E-state index in [1.165, 1.54) is 11.1 Å².